The highest BCUT2D eigenvalue weighted by Crippen LogP contribution is 2.36. The van der Waals surface area contributed by atoms with E-state index in [2.05, 4.69) is 15.9 Å². The van der Waals surface area contributed by atoms with Crippen LogP contribution in [0.3, 0.4) is 0 Å². The zero-order chi connectivity index (χ0) is 9.86. The van der Waals surface area contributed by atoms with Crippen molar-refractivity contribution in [1.29, 1.82) is 0 Å². The molecule has 0 amide bonds. The number of ether oxygens (including phenoxy) is 1. The van der Waals surface area contributed by atoms with Crippen molar-refractivity contribution >= 4 is 15.9 Å². The Bertz CT molecular complexity index is 171. The van der Waals surface area contributed by atoms with Gasteiger partial charge in [-0.2, -0.15) is 0 Å². The minimum atomic E-state index is 0.212. The lowest BCUT2D eigenvalue weighted by Crippen LogP contribution is -2.31. The van der Waals surface area contributed by atoms with Crippen molar-refractivity contribution in [1.82, 2.24) is 0 Å². The summed E-state index contributed by atoms with van der Waals surface area (Å²) in [4.78, 5) is 0. The first kappa shape index (κ1) is 10.9. The maximum atomic E-state index is 6.07. The second kappa shape index (κ2) is 4.98. The lowest BCUT2D eigenvalue weighted by Gasteiger charge is -2.27. The lowest BCUT2D eigenvalue weighted by molar-refractivity contribution is -0.0233. The molecule has 2 rings (SSSR count). The van der Waals surface area contributed by atoms with Gasteiger partial charge in [-0.3, -0.25) is 0 Å². The van der Waals surface area contributed by atoms with Gasteiger partial charge in [0, 0.05) is 11.9 Å². The molecule has 0 aromatic heterocycles. The van der Waals surface area contributed by atoms with Crippen LogP contribution in [0.1, 0.15) is 51.4 Å². The Kier molecular flexibility index (Phi) is 3.89. The maximum absolute atomic E-state index is 6.07. The van der Waals surface area contributed by atoms with Gasteiger partial charge in [-0.1, -0.05) is 41.6 Å². The molecular formula is C12H21BrO. The molecule has 14 heavy (non-hydrogen) atoms. The lowest BCUT2D eigenvalue weighted by atomic mass is 10.1. The largest absolute Gasteiger partial charge is 0.374 e. The Hall–Kier alpha value is 0.440. The number of halogens is 1. The molecule has 0 aromatic rings. The van der Waals surface area contributed by atoms with Crippen LogP contribution in [-0.4, -0.2) is 17.5 Å². The fourth-order valence-electron chi connectivity index (χ4n) is 2.40. The number of hydrogen-bond donors (Lipinski definition) is 0. The summed E-state index contributed by atoms with van der Waals surface area (Å²) in [5.41, 5.74) is 0.212. The Balaban J connectivity index is 1.61. The average molecular weight is 261 g/mol. The second-order valence-electron chi connectivity index (χ2n) is 4.96. The first-order valence-corrected chi connectivity index (χ1v) is 7.17. The van der Waals surface area contributed by atoms with Crippen LogP contribution in [0.4, 0.5) is 0 Å². The minimum Gasteiger partial charge on any atom is -0.374 e. The molecule has 0 unspecified atom stereocenters. The topological polar surface area (TPSA) is 9.23 Å². The molecule has 0 bridgehead atoms. The van der Waals surface area contributed by atoms with Crippen LogP contribution in [0.15, 0.2) is 0 Å². The van der Waals surface area contributed by atoms with E-state index < -0.39 is 0 Å². The van der Waals surface area contributed by atoms with Crippen LogP contribution in [0.25, 0.3) is 0 Å². The molecule has 0 saturated heterocycles. The Morgan fingerprint density at radius 3 is 2.50 bits per heavy atom. The quantitative estimate of drug-likeness (QED) is 0.520. The van der Waals surface area contributed by atoms with Crippen molar-refractivity contribution in [3.05, 3.63) is 0 Å². The van der Waals surface area contributed by atoms with E-state index in [0.717, 1.165) is 17.9 Å². The highest BCUT2D eigenvalue weighted by Gasteiger charge is 2.33. The Labute approximate surface area is 95.7 Å². The van der Waals surface area contributed by atoms with E-state index in [-0.39, 0.29) is 5.60 Å². The minimum absolute atomic E-state index is 0.212. The van der Waals surface area contributed by atoms with Gasteiger partial charge >= 0.3 is 0 Å². The zero-order valence-corrected chi connectivity index (χ0v) is 10.5. The third kappa shape index (κ3) is 2.96. The molecule has 0 radical (unpaired) electrons. The summed E-state index contributed by atoms with van der Waals surface area (Å²) in [6.07, 6.45) is 10.9. The maximum Gasteiger partial charge on any atom is 0.0778 e. The molecule has 2 saturated carbocycles. The number of alkyl halides is 1. The van der Waals surface area contributed by atoms with Gasteiger partial charge in [-0.25, -0.2) is 0 Å². The summed E-state index contributed by atoms with van der Waals surface area (Å²) in [5, 5.41) is 1.03. The molecule has 2 aliphatic rings. The molecule has 0 N–H and O–H groups in total. The van der Waals surface area contributed by atoms with Crippen LogP contribution in [0.5, 0.6) is 0 Å². The van der Waals surface area contributed by atoms with Crippen molar-refractivity contribution in [3.8, 4) is 0 Å². The molecule has 2 fully saturated rings. The zero-order valence-electron chi connectivity index (χ0n) is 8.93. The molecule has 82 valence electrons. The molecule has 0 spiro atoms. The van der Waals surface area contributed by atoms with Gasteiger partial charge in [0.2, 0.25) is 0 Å². The van der Waals surface area contributed by atoms with Crippen molar-refractivity contribution in [3.63, 3.8) is 0 Å². The van der Waals surface area contributed by atoms with Gasteiger partial charge in [-0.15, -0.1) is 0 Å². The molecule has 0 aliphatic heterocycles. The van der Waals surface area contributed by atoms with Crippen LogP contribution >= 0.6 is 15.9 Å². The van der Waals surface area contributed by atoms with Crippen molar-refractivity contribution in [2.45, 2.75) is 57.0 Å². The summed E-state index contributed by atoms with van der Waals surface area (Å²) in [6, 6.07) is 0. The first-order valence-electron chi connectivity index (χ1n) is 6.05. The molecule has 0 heterocycles. The smallest absolute Gasteiger partial charge is 0.0778 e. The predicted octanol–water partition coefficient (Wildman–Crippen LogP) is 3.90. The molecule has 2 aliphatic carbocycles. The highest BCUT2D eigenvalue weighted by molar-refractivity contribution is 9.09. The van der Waals surface area contributed by atoms with E-state index in [4.69, 9.17) is 4.74 Å². The molecule has 0 atom stereocenters. The van der Waals surface area contributed by atoms with Gasteiger partial charge in [0.25, 0.3) is 0 Å². The fraction of sp³-hybridized carbons (Fsp3) is 1.00. The van der Waals surface area contributed by atoms with Crippen LogP contribution in [-0.2, 0) is 4.74 Å². The van der Waals surface area contributed by atoms with Crippen molar-refractivity contribution < 1.29 is 4.74 Å². The molecule has 1 nitrogen and oxygen atoms in total. The summed E-state index contributed by atoms with van der Waals surface area (Å²) in [6.45, 7) is 0.988. The van der Waals surface area contributed by atoms with E-state index in [1.165, 1.54) is 51.4 Å². The van der Waals surface area contributed by atoms with Crippen molar-refractivity contribution in [2.75, 3.05) is 11.9 Å². The standard InChI is InChI=1S/C12H21BrO/c13-10-12(7-1-2-8-12)14-9-3-4-11-5-6-11/h11H,1-10H2. The second-order valence-corrected chi connectivity index (χ2v) is 5.52. The normalized spacial score (nSPS) is 25.5. The van der Waals surface area contributed by atoms with Gasteiger partial charge in [-0.05, 0) is 31.6 Å². The van der Waals surface area contributed by atoms with E-state index in [9.17, 15) is 0 Å². The highest BCUT2D eigenvalue weighted by atomic mass is 79.9. The van der Waals surface area contributed by atoms with Gasteiger partial charge in [0.15, 0.2) is 0 Å². The van der Waals surface area contributed by atoms with Gasteiger partial charge in [0.1, 0.15) is 0 Å². The van der Waals surface area contributed by atoms with E-state index >= 15 is 0 Å². The van der Waals surface area contributed by atoms with E-state index in [0.29, 0.717) is 0 Å². The van der Waals surface area contributed by atoms with Crippen LogP contribution < -0.4 is 0 Å². The summed E-state index contributed by atoms with van der Waals surface area (Å²) >= 11 is 3.60. The Morgan fingerprint density at radius 1 is 1.21 bits per heavy atom. The van der Waals surface area contributed by atoms with E-state index in [1.807, 2.05) is 0 Å². The SMILES string of the molecule is BrCC1(OCCCC2CC2)CCCC1. The molecule has 2 heteroatoms. The summed E-state index contributed by atoms with van der Waals surface area (Å²) in [7, 11) is 0. The van der Waals surface area contributed by atoms with Gasteiger partial charge < -0.3 is 4.74 Å². The average Bonchev–Trinajstić information content (AvgIpc) is 2.92. The predicted molar refractivity (Wildman–Crippen MR) is 62.9 cm³/mol. The van der Waals surface area contributed by atoms with Crippen molar-refractivity contribution in [2.24, 2.45) is 5.92 Å². The van der Waals surface area contributed by atoms with E-state index in [1.54, 1.807) is 0 Å². The van der Waals surface area contributed by atoms with Crippen LogP contribution in [0, 0.1) is 5.92 Å². The summed E-state index contributed by atoms with van der Waals surface area (Å²) in [5.74, 6) is 1.06. The number of rotatable bonds is 6. The number of hydrogen-bond acceptors (Lipinski definition) is 1. The van der Waals surface area contributed by atoms with Gasteiger partial charge in [0.05, 0.1) is 5.60 Å². The summed E-state index contributed by atoms with van der Waals surface area (Å²) < 4.78 is 6.07. The fourth-order valence-corrected chi connectivity index (χ4v) is 3.13. The third-order valence-corrected chi connectivity index (χ3v) is 4.64. The Morgan fingerprint density at radius 2 is 1.93 bits per heavy atom. The first-order chi connectivity index (χ1) is 6.85. The third-order valence-electron chi connectivity index (χ3n) is 3.62. The van der Waals surface area contributed by atoms with Crippen LogP contribution in [0.2, 0.25) is 0 Å². The molecular weight excluding hydrogens is 240 g/mol. The monoisotopic (exact) mass is 260 g/mol. The molecule has 0 aromatic carbocycles.